The van der Waals surface area contributed by atoms with Gasteiger partial charge in [0.25, 0.3) is 0 Å². The first kappa shape index (κ1) is 40.9. The molecule has 0 spiro atoms. The van der Waals surface area contributed by atoms with Crippen molar-refractivity contribution in [1.29, 1.82) is 0 Å². The minimum atomic E-state index is -2.00. The van der Waals surface area contributed by atoms with Crippen LogP contribution in [0, 0.1) is 57.9 Å². The molecule has 0 amide bonds. The number of nitrogens with zero attached hydrogens (tertiary/aromatic N) is 4. The van der Waals surface area contributed by atoms with Crippen LogP contribution in [0.25, 0.3) is 21.9 Å². The molecule has 3 heterocycles. The van der Waals surface area contributed by atoms with Gasteiger partial charge in [-0.15, -0.1) is 0 Å². The van der Waals surface area contributed by atoms with E-state index in [0.29, 0.717) is 59.7 Å². The molecule has 1 saturated carbocycles. The van der Waals surface area contributed by atoms with Gasteiger partial charge in [0, 0.05) is 23.5 Å². The van der Waals surface area contributed by atoms with Gasteiger partial charge < -0.3 is 18.9 Å². The van der Waals surface area contributed by atoms with Crippen LogP contribution in [0.3, 0.4) is 0 Å². The second-order valence-electron chi connectivity index (χ2n) is 16.2. The van der Waals surface area contributed by atoms with E-state index in [0.717, 1.165) is 45.7 Å². The molecule has 2 fully saturated rings. The number of hydrogen-bond donors (Lipinski definition) is 3. The normalized spacial score (nSPS) is 20.4. The van der Waals surface area contributed by atoms with Crippen LogP contribution in [0.4, 0.5) is 17.1 Å². The molecule has 1 aliphatic heterocycles. The Balaban J connectivity index is 1.31. The summed E-state index contributed by atoms with van der Waals surface area (Å²) in [6.45, 7) is 23.6. The highest BCUT2D eigenvalue weighted by atomic mass is 32.2. The summed E-state index contributed by atoms with van der Waals surface area (Å²) in [5, 5.41) is 13.5. The number of carboxylic acid groups (broad SMARTS) is 1. The third-order valence-electron chi connectivity index (χ3n) is 11.4. The number of aliphatic carboxylic acids is 1. The van der Waals surface area contributed by atoms with E-state index >= 15 is 0 Å². The zero-order chi connectivity index (χ0) is 41.4. The number of carbonyl (C=O) groups is 2. The molecule has 2 aliphatic rings. The van der Waals surface area contributed by atoms with Crippen molar-refractivity contribution in [1.82, 2.24) is 14.6 Å². The standard InChI is InChI=1S/C44H50N6O6S2/c1-24-9-11-27(4)35(21-24)56-58(54)48-33-23-32(13-14-34(33)49-17-15-31(16-18-49)43(51)52)40-46-41-37(44(53)55-39-29(6)19-26(3)20-30(39)7)38(45-8)42(50(41)47-40)57-36-22-25(2)10-12-28(36)5/h9-14,21-23,26,29-31,39,48H,15-20H2,1-7H3,(H,46,47)(H,51,52). The maximum Gasteiger partial charge on any atom is 0.331 e. The molecule has 3 atom stereocenters. The van der Waals surface area contributed by atoms with Crippen LogP contribution in [0.15, 0.2) is 64.5 Å². The van der Waals surface area contributed by atoms with Crippen molar-refractivity contribution < 1.29 is 27.8 Å². The number of anilines is 2. The molecule has 58 heavy (non-hydrogen) atoms. The molecule has 12 nitrogen and oxygen atoms in total. The lowest BCUT2D eigenvalue weighted by Crippen LogP contribution is -2.37. The molecule has 1 aliphatic carbocycles. The zero-order valence-electron chi connectivity index (χ0n) is 33.9. The number of H-pyrrole nitrogens is 1. The van der Waals surface area contributed by atoms with E-state index in [1.54, 1.807) is 4.52 Å². The monoisotopic (exact) mass is 822 g/mol. The van der Waals surface area contributed by atoms with E-state index in [-0.39, 0.29) is 34.8 Å². The average molecular weight is 823 g/mol. The second-order valence-corrected chi connectivity index (χ2v) is 18.0. The number of esters is 1. The number of hydrogen-bond acceptors (Lipinski definition) is 8. The highest BCUT2D eigenvalue weighted by Crippen LogP contribution is 2.44. The molecule has 5 aromatic rings. The number of benzene rings is 3. The summed E-state index contributed by atoms with van der Waals surface area (Å²) in [5.74, 6) is -0.0343. The number of aromatic amines is 1. The summed E-state index contributed by atoms with van der Waals surface area (Å²) >= 11 is -0.609. The number of fused-ring (bicyclic) bond motifs is 1. The Morgan fingerprint density at radius 3 is 2.31 bits per heavy atom. The van der Waals surface area contributed by atoms with Crippen LogP contribution in [0.2, 0.25) is 0 Å². The van der Waals surface area contributed by atoms with Crippen LogP contribution in [0.1, 0.15) is 79.1 Å². The van der Waals surface area contributed by atoms with Gasteiger partial charge in [-0.1, -0.05) is 56.8 Å². The lowest BCUT2D eigenvalue weighted by atomic mass is 9.75. The number of carbonyl (C=O) groups excluding carboxylic acids is 1. The predicted molar refractivity (Wildman–Crippen MR) is 228 cm³/mol. The maximum absolute atomic E-state index is 14.3. The van der Waals surface area contributed by atoms with Gasteiger partial charge in [0.15, 0.2) is 11.5 Å². The molecular formula is C44H50N6O6S2. The van der Waals surface area contributed by atoms with E-state index in [1.807, 2.05) is 76.2 Å². The zero-order valence-corrected chi connectivity index (χ0v) is 35.6. The Labute approximate surface area is 346 Å². The molecule has 0 bridgehead atoms. The number of piperidine rings is 1. The van der Waals surface area contributed by atoms with Gasteiger partial charge in [-0.25, -0.2) is 19.1 Å². The van der Waals surface area contributed by atoms with E-state index in [9.17, 15) is 18.9 Å². The summed E-state index contributed by atoms with van der Waals surface area (Å²) in [4.78, 5) is 38.0. The number of ether oxygens (including phenoxy) is 1. The molecule has 304 valence electrons. The highest BCUT2D eigenvalue weighted by Gasteiger charge is 2.37. The van der Waals surface area contributed by atoms with E-state index in [4.69, 9.17) is 20.5 Å². The lowest BCUT2D eigenvalue weighted by molar-refractivity contribution is -0.142. The molecule has 1 saturated heterocycles. The summed E-state index contributed by atoms with van der Waals surface area (Å²) in [6.07, 6.45) is 2.56. The SMILES string of the molecule is [C-]#[N+]c1c(C(=O)OC2C(C)CC(C)CC2C)c2nc(-c3ccc(N4CCC(C(=O)O)CC4)c(NS(=O)Oc4cc(C)ccc4C)c3)[nH]n2c1Sc1cc(C)ccc1C. The fourth-order valence-corrected chi connectivity index (χ4v) is 10.3. The first-order chi connectivity index (χ1) is 27.7. The number of aromatic nitrogens is 3. The molecule has 14 heteroatoms. The van der Waals surface area contributed by atoms with Gasteiger partial charge in [0.1, 0.15) is 22.4 Å². The van der Waals surface area contributed by atoms with Gasteiger partial charge >= 0.3 is 23.2 Å². The van der Waals surface area contributed by atoms with Crippen molar-refractivity contribution >= 4 is 57.7 Å². The van der Waals surface area contributed by atoms with Crippen LogP contribution >= 0.6 is 11.8 Å². The van der Waals surface area contributed by atoms with Crippen molar-refractivity contribution in [2.45, 2.75) is 90.2 Å². The van der Waals surface area contributed by atoms with Crippen molar-refractivity contribution in [3.8, 4) is 17.1 Å². The van der Waals surface area contributed by atoms with Crippen molar-refractivity contribution in [2.24, 2.45) is 23.7 Å². The second kappa shape index (κ2) is 16.9. The Morgan fingerprint density at radius 1 is 0.966 bits per heavy atom. The number of nitrogens with one attached hydrogen (secondary N) is 2. The lowest BCUT2D eigenvalue weighted by Gasteiger charge is -2.37. The fraction of sp³-hybridized carbons (Fsp3) is 0.409. The van der Waals surface area contributed by atoms with Gasteiger partial charge in [0.05, 0.1) is 23.9 Å². The first-order valence-electron chi connectivity index (χ1n) is 19.7. The highest BCUT2D eigenvalue weighted by molar-refractivity contribution is 7.99. The molecule has 2 aromatic heterocycles. The van der Waals surface area contributed by atoms with Crippen molar-refractivity contribution in [2.75, 3.05) is 22.7 Å². The smallest absolute Gasteiger partial charge is 0.331 e. The molecule has 0 radical (unpaired) electrons. The van der Waals surface area contributed by atoms with Gasteiger partial charge in [-0.05, 0) is 124 Å². The summed E-state index contributed by atoms with van der Waals surface area (Å²) in [7, 11) is 0. The summed E-state index contributed by atoms with van der Waals surface area (Å²) < 4.78 is 30.6. The molecular weight excluding hydrogens is 773 g/mol. The van der Waals surface area contributed by atoms with Crippen LogP contribution in [-0.2, 0) is 20.8 Å². The Bertz CT molecular complexity index is 2430. The van der Waals surface area contributed by atoms with Gasteiger partial charge in [-0.3, -0.25) is 14.6 Å². The summed E-state index contributed by atoms with van der Waals surface area (Å²) in [5.41, 5.74) is 6.31. The summed E-state index contributed by atoms with van der Waals surface area (Å²) in [6, 6.07) is 17.4. The van der Waals surface area contributed by atoms with E-state index < -0.39 is 29.1 Å². The van der Waals surface area contributed by atoms with Crippen molar-refractivity contribution in [3.05, 3.63) is 93.8 Å². The molecule has 3 aromatic carbocycles. The minimum absolute atomic E-state index is 0.114. The van der Waals surface area contributed by atoms with E-state index in [2.05, 4.69) is 46.4 Å². The van der Waals surface area contributed by atoms with Gasteiger partial charge in [0.2, 0.25) is 5.69 Å². The Kier molecular flexibility index (Phi) is 11.9. The predicted octanol–water partition coefficient (Wildman–Crippen LogP) is 9.86. The fourth-order valence-electron chi connectivity index (χ4n) is 8.42. The maximum atomic E-state index is 14.3. The van der Waals surface area contributed by atoms with Crippen LogP contribution in [-0.4, -0.2) is 55.0 Å². The molecule has 7 rings (SSSR count). The minimum Gasteiger partial charge on any atom is -0.481 e. The Hall–Kier alpha value is -5.26. The quantitative estimate of drug-likeness (QED) is 0.0877. The number of aryl methyl sites for hydroxylation is 4. The third kappa shape index (κ3) is 8.47. The third-order valence-corrected chi connectivity index (χ3v) is 13.4. The molecule has 3 unspecified atom stereocenters. The number of carboxylic acids is 1. The Morgan fingerprint density at radius 2 is 1.64 bits per heavy atom. The van der Waals surface area contributed by atoms with Crippen LogP contribution in [0.5, 0.6) is 5.75 Å². The number of rotatable bonds is 11. The molecule has 3 N–H and O–H groups in total. The van der Waals surface area contributed by atoms with Gasteiger partial charge in [-0.2, -0.15) is 4.21 Å². The van der Waals surface area contributed by atoms with Crippen LogP contribution < -0.4 is 13.8 Å². The first-order valence-corrected chi connectivity index (χ1v) is 21.6. The largest absolute Gasteiger partial charge is 0.481 e. The average Bonchev–Trinajstić information content (AvgIpc) is 3.73. The van der Waals surface area contributed by atoms with Crippen molar-refractivity contribution in [3.63, 3.8) is 0 Å². The topological polar surface area (TPSA) is 143 Å². The van der Waals surface area contributed by atoms with E-state index in [1.165, 1.54) is 11.8 Å².